The molecule has 2 aromatic rings. The number of aromatic nitrogens is 1. The number of hydrogen-bond acceptors (Lipinski definition) is 5. The largest absolute Gasteiger partial charge is 0.493 e. The van der Waals surface area contributed by atoms with Crippen LogP contribution < -0.4 is 14.8 Å². The van der Waals surface area contributed by atoms with E-state index in [-0.39, 0.29) is 24.1 Å². The van der Waals surface area contributed by atoms with Crippen LogP contribution in [0.25, 0.3) is 0 Å². The summed E-state index contributed by atoms with van der Waals surface area (Å²) >= 11 is 1.52. The lowest BCUT2D eigenvalue weighted by Gasteiger charge is -2.17. The van der Waals surface area contributed by atoms with Crippen LogP contribution in [0.2, 0.25) is 0 Å². The zero-order valence-electron chi connectivity index (χ0n) is 14.1. The van der Waals surface area contributed by atoms with Crippen LogP contribution in [0.5, 0.6) is 11.5 Å². The molecule has 1 aromatic carbocycles. The van der Waals surface area contributed by atoms with Gasteiger partial charge in [0.05, 0.1) is 24.4 Å². The van der Waals surface area contributed by atoms with E-state index in [2.05, 4.69) is 15.0 Å². The van der Waals surface area contributed by atoms with Crippen LogP contribution in [-0.4, -0.2) is 36.7 Å². The zero-order valence-corrected chi connectivity index (χ0v) is 14.9. The SMILES string of the molecule is COc1ccc(CNC(=O)N(C)Cc2csc(C)n2)cc1OC(F)F. The van der Waals surface area contributed by atoms with Gasteiger partial charge in [0, 0.05) is 19.0 Å². The summed E-state index contributed by atoms with van der Waals surface area (Å²) in [5.41, 5.74) is 1.43. The van der Waals surface area contributed by atoms with E-state index in [4.69, 9.17) is 4.74 Å². The minimum Gasteiger partial charge on any atom is -0.493 e. The second-order valence-electron chi connectivity index (χ2n) is 5.24. The maximum atomic E-state index is 12.4. The molecule has 0 aliphatic carbocycles. The molecule has 0 aliphatic heterocycles. The van der Waals surface area contributed by atoms with E-state index in [0.717, 1.165) is 10.7 Å². The number of carbonyl (C=O) groups excluding carboxylic acids is 1. The Morgan fingerprint density at radius 3 is 2.76 bits per heavy atom. The van der Waals surface area contributed by atoms with E-state index in [9.17, 15) is 13.6 Å². The molecule has 6 nitrogen and oxygen atoms in total. The number of nitrogens with one attached hydrogen (secondary N) is 1. The van der Waals surface area contributed by atoms with Crippen LogP contribution >= 0.6 is 11.3 Å². The van der Waals surface area contributed by atoms with E-state index in [1.54, 1.807) is 13.1 Å². The maximum Gasteiger partial charge on any atom is 0.387 e. The molecule has 25 heavy (non-hydrogen) atoms. The Morgan fingerprint density at radius 2 is 2.16 bits per heavy atom. The van der Waals surface area contributed by atoms with Crippen LogP contribution in [0.15, 0.2) is 23.6 Å². The molecule has 0 saturated heterocycles. The van der Waals surface area contributed by atoms with Gasteiger partial charge in [-0.2, -0.15) is 8.78 Å². The minimum absolute atomic E-state index is 0.0736. The van der Waals surface area contributed by atoms with Gasteiger partial charge in [0.1, 0.15) is 0 Å². The molecule has 1 N–H and O–H groups in total. The maximum absolute atomic E-state index is 12.4. The van der Waals surface area contributed by atoms with Gasteiger partial charge in [-0.05, 0) is 24.6 Å². The van der Waals surface area contributed by atoms with Gasteiger partial charge in [-0.25, -0.2) is 9.78 Å². The van der Waals surface area contributed by atoms with Crippen LogP contribution in [0, 0.1) is 6.92 Å². The molecule has 2 rings (SSSR count). The topological polar surface area (TPSA) is 63.7 Å². The molecule has 0 aliphatic rings. The van der Waals surface area contributed by atoms with Gasteiger partial charge in [-0.15, -0.1) is 11.3 Å². The summed E-state index contributed by atoms with van der Waals surface area (Å²) < 4.78 is 34.3. The second-order valence-corrected chi connectivity index (χ2v) is 6.30. The van der Waals surface area contributed by atoms with Crippen LogP contribution in [0.3, 0.4) is 0 Å². The molecule has 1 heterocycles. The van der Waals surface area contributed by atoms with Crippen molar-refractivity contribution in [1.82, 2.24) is 15.2 Å². The third-order valence-corrected chi connectivity index (χ3v) is 4.12. The molecule has 0 radical (unpaired) electrons. The van der Waals surface area contributed by atoms with Crippen molar-refractivity contribution in [3.8, 4) is 11.5 Å². The van der Waals surface area contributed by atoms with Crippen molar-refractivity contribution in [1.29, 1.82) is 0 Å². The van der Waals surface area contributed by atoms with Crippen LogP contribution in [0.4, 0.5) is 13.6 Å². The van der Waals surface area contributed by atoms with Gasteiger partial charge >= 0.3 is 12.6 Å². The molecule has 136 valence electrons. The van der Waals surface area contributed by atoms with Gasteiger partial charge in [0.15, 0.2) is 11.5 Å². The Morgan fingerprint density at radius 1 is 1.40 bits per heavy atom. The van der Waals surface area contributed by atoms with E-state index in [1.807, 2.05) is 12.3 Å². The average Bonchev–Trinajstić information content (AvgIpc) is 2.97. The number of hydrogen-bond donors (Lipinski definition) is 1. The molecule has 0 atom stereocenters. The Kier molecular flexibility index (Phi) is 6.51. The molecule has 0 bridgehead atoms. The number of nitrogens with zero attached hydrogens (tertiary/aromatic N) is 2. The molecular weight excluding hydrogens is 352 g/mol. The number of amides is 2. The molecule has 0 unspecified atom stereocenters. The van der Waals surface area contributed by atoms with Crippen molar-refractivity contribution < 1.29 is 23.0 Å². The first-order valence-electron chi connectivity index (χ1n) is 7.40. The first-order valence-corrected chi connectivity index (χ1v) is 8.28. The number of urea groups is 1. The average molecular weight is 371 g/mol. The molecule has 1 aromatic heterocycles. The number of methoxy groups -OCH3 is 1. The van der Waals surface area contributed by atoms with Gasteiger partial charge in [0.25, 0.3) is 0 Å². The predicted molar refractivity (Wildman–Crippen MR) is 90.2 cm³/mol. The van der Waals surface area contributed by atoms with Crippen LogP contribution in [0.1, 0.15) is 16.3 Å². The minimum atomic E-state index is -2.95. The lowest BCUT2D eigenvalue weighted by molar-refractivity contribution is -0.0512. The second kappa shape index (κ2) is 8.61. The predicted octanol–water partition coefficient (Wildman–Crippen LogP) is 3.40. The summed E-state index contributed by atoms with van der Waals surface area (Å²) in [4.78, 5) is 17.9. The summed E-state index contributed by atoms with van der Waals surface area (Å²) in [6.07, 6.45) is 0. The van der Waals surface area contributed by atoms with Crippen molar-refractivity contribution in [2.24, 2.45) is 0 Å². The fourth-order valence-corrected chi connectivity index (χ4v) is 2.73. The number of rotatable bonds is 7. The number of carbonyl (C=O) groups is 1. The van der Waals surface area contributed by atoms with Crippen molar-refractivity contribution in [3.63, 3.8) is 0 Å². The van der Waals surface area contributed by atoms with Gasteiger partial charge in [0.2, 0.25) is 0 Å². The Balaban J connectivity index is 1.94. The quantitative estimate of drug-likeness (QED) is 0.810. The number of thiazole rings is 1. The highest BCUT2D eigenvalue weighted by atomic mass is 32.1. The third-order valence-electron chi connectivity index (χ3n) is 3.30. The molecule has 9 heteroatoms. The Hall–Kier alpha value is -2.42. The Labute approximate surface area is 148 Å². The zero-order chi connectivity index (χ0) is 18.4. The van der Waals surface area contributed by atoms with Crippen molar-refractivity contribution in [3.05, 3.63) is 39.8 Å². The van der Waals surface area contributed by atoms with E-state index in [1.165, 1.54) is 35.5 Å². The number of benzene rings is 1. The van der Waals surface area contributed by atoms with Gasteiger partial charge in [-0.1, -0.05) is 6.07 Å². The first-order chi connectivity index (χ1) is 11.9. The summed E-state index contributed by atoms with van der Waals surface area (Å²) in [5, 5.41) is 5.56. The van der Waals surface area contributed by atoms with Gasteiger partial charge < -0.3 is 19.7 Å². The number of aryl methyl sites for hydroxylation is 1. The molecule has 0 fully saturated rings. The summed E-state index contributed by atoms with van der Waals surface area (Å²) in [6, 6.07) is 4.30. The van der Waals surface area contributed by atoms with Crippen molar-refractivity contribution in [2.45, 2.75) is 26.6 Å². The van der Waals surface area contributed by atoms with Crippen molar-refractivity contribution >= 4 is 17.4 Å². The van der Waals surface area contributed by atoms with Gasteiger partial charge in [-0.3, -0.25) is 0 Å². The van der Waals surface area contributed by atoms with Crippen molar-refractivity contribution in [2.75, 3.05) is 14.2 Å². The lowest BCUT2D eigenvalue weighted by Crippen LogP contribution is -2.36. The highest BCUT2D eigenvalue weighted by molar-refractivity contribution is 7.09. The highest BCUT2D eigenvalue weighted by Gasteiger charge is 2.13. The fourth-order valence-electron chi connectivity index (χ4n) is 2.13. The Bertz CT molecular complexity index is 724. The standard InChI is InChI=1S/C16H19F2N3O3S/c1-10-20-12(9-25-10)8-21(2)16(22)19-7-11-4-5-13(23-3)14(6-11)24-15(17)18/h4-6,9,15H,7-8H2,1-3H3,(H,19,22). The van der Waals surface area contributed by atoms with E-state index in [0.29, 0.717) is 12.1 Å². The molecule has 2 amide bonds. The number of alkyl halides is 2. The smallest absolute Gasteiger partial charge is 0.387 e. The molecular formula is C16H19F2N3O3S. The first kappa shape index (κ1) is 18.9. The lowest BCUT2D eigenvalue weighted by atomic mass is 10.2. The normalized spacial score (nSPS) is 10.6. The fraction of sp³-hybridized carbons (Fsp3) is 0.375. The highest BCUT2D eigenvalue weighted by Crippen LogP contribution is 2.29. The monoisotopic (exact) mass is 371 g/mol. The number of halogens is 2. The number of ether oxygens (including phenoxy) is 2. The molecule has 0 saturated carbocycles. The summed E-state index contributed by atoms with van der Waals surface area (Å²) in [5.74, 6) is 0.127. The molecule has 0 spiro atoms. The third kappa shape index (κ3) is 5.56. The van der Waals surface area contributed by atoms with Crippen LogP contribution in [-0.2, 0) is 13.1 Å². The van der Waals surface area contributed by atoms with E-state index < -0.39 is 6.61 Å². The van der Waals surface area contributed by atoms with E-state index >= 15 is 0 Å². The summed E-state index contributed by atoms with van der Waals surface area (Å²) in [7, 11) is 3.02. The summed E-state index contributed by atoms with van der Waals surface area (Å²) in [6.45, 7) is -0.496.